The van der Waals surface area contributed by atoms with Gasteiger partial charge in [-0.1, -0.05) is 12.8 Å². The van der Waals surface area contributed by atoms with E-state index in [-0.39, 0.29) is 17.0 Å². The average molecular weight is 256 g/mol. The Kier molecular flexibility index (Phi) is 3.72. The SMILES string of the molecule is CN(c1nccn(C)c1=O)C1CCCCC1Cl. The van der Waals surface area contributed by atoms with E-state index in [2.05, 4.69) is 4.98 Å². The Labute approximate surface area is 106 Å². The lowest BCUT2D eigenvalue weighted by Gasteiger charge is -2.35. The van der Waals surface area contributed by atoms with Gasteiger partial charge in [0.2, 0.25) is 0 Å². The molecule has 1 fully saturated rings. The third-order valence-electron chi connectivity index (χ3n) is 3.48. The van der Waals surface area contributed by atoms with E-state index in [4.69, 9.17) is 11.6 Å². The first-order valence-corrected chi connectivity index (χ1v) is 6.43. The molecule has 2 unspecified atom stereocenters. The molecule has 1 aromatic heterocycles. The van der Waals surface area contributed by atoms with Crippen LogP contribution in [0.25, 0.3) is 0 Å². The first-order valence-electron chi connectivity index (χ1n) is 6.00. The summed E-state index contributed by atoms with van der Waals surface area (Å²) in [5.74, 6) is 0.493. The van der Waals surface area contributed by atoms with Crippen molar-refractivity contribution in [3.05, 3.63) is 22.7 Å². The van der Waals surface area contributed by atoms with Crippen molar-refractivity contribution < 1.29 is 0 Å². The summed E-state index contributed by atoms with van der Waals surface area (Å²) in [5, 5.41) is 0.112. The number of aryl methyl sites for hydroxylation is 1. The maximum atomic E-state index is 12.0. The fourth-order valence-electron chi connectivity index (χ4n) is 2.39. The zero-order valence-corrected chi connectivity index (χ0v) is 11.0. The highest BCUT2D eigenvalue weighted by molar-refractivity contribution is 6.21. The highest BCUT2D eigenvalue weighted by Crippen LogP contribution is 2.27. The van der Waals surface area contributed by atoms with Gasteiger partial charge < -0.3 is 9.47 Å². The van der Waals surface area contributed by atoms with Gasteiger partial charge in [-0.2, -0.15) is 0 Å². The summed E-state index contributed by atoms with van der Waals surface area (Å²) in [6.45, 7) is 0. The van der Waals surface area contributed by atoms with E-state index in [1.807, 2.05) is 11.9 Å². The summed E-state index contributed by atoms with van der Waals surface area (Å²) in [6.07, 6.45) is 7.72. The van der Waals surface area contributed by atoms with E-state index >= 15 is 0 Å². The molecule has 4 nitrogen and oxygen atoms in total. The molecule has 0 spiro atoms. The number of halogens is 1. The van der Waals surface area contributed by atoms with Crippen molar-refractivity contribution in [3.63, 3.8) is 0 Å². The summed E-state index contributed by atoms with van der Waals surface area (Å²) in [7, 11) is 3.65. The van der Waals surface area contributed by atoms with Crippen LogP contribution in [0.2, 0.25) is 0 Å². The first-order chi connectivity index (χ1) is 8.11. The highest BCUT2D eigenvalue weighted by Gasteiger charge is 2.28. The zero-order chi connectivity index (χ0) is 12.4. The van der Waals surface area contributed by atoms with Crippen LogP contribution in [0.3, 0.4) is 0 Å². The highest BCUT2D eigenvalue weighted by atomic mass is 35.5. The number of hydrogen-bond donors (Lipinski definition) is 0. The average Bonchev–Trinajstić information content (AvgIpc) is 2.32. The molecule has 1 heterocycles. The number of rotatable bonds is 2. The molecule has 0 saturated heterocycles. The zero-order valence-electron chi connectivity index (χ0n) is 10.3. The molecule has 5 heteroatoms. The molecule has 0 aromatic carbocycles. The fraction of sp³-hybridized carbons (Fsp3) is 0.667. The second-order valence-electron chi connectivity index (χ2n) is 4.65. The molecular formula is C12H18ClN3O. The standard InChI is InChI=1S/C12H18ClN3O/c1-15-8-7-14-11(12(15)17)16(2)10-6-4-3-5-9(10)13/h7-10H,3-6H2,1-2H3. The predicted octanol–water partition coefficient (Wildman–Crippen LogP) is 1.77. The van der Waals surface area contributed by atoms with Gasteiger partial charge in [0.05, 0.1) is 5.38 Å². The van der Waals surface area contributed by atoms with Crippen molar-refractivity contribution in [2.24, 2.45) is 7.05 Å². The first kappa shape index (κ1) is 12.4. The molecule has 0 N–H and O–H groups in total. The summed E-state index contributed by atoms with van der Waals surface area (Å²) < 4.78 is 1.55. The fourth-order valence-corrected chi connectivity index (χ4v) is 2.84. The van der Waals surface area contributed by atoms with Gasteiger partial charge in [0, 0.05) is 32.5 Å². The van der Waals surface area contributed by atoms with Gasteiger partial charge in [-0.3, -0.25) is 4.79 Å². The third-order valence-corrected chi connectivity index (χ3v) is 3.99. The van der Waals surface area contributed by atoms with Gasteiger partial charge >= 0.3 is 0 Å². The van der Waals surface area contributed by atoms with E-state index in [1.54, 1.807) is 24.0 Å². The topological polar surface area (TPSA) is 38.1 Å². The second-order valence-corrected chi connectivity index (χ2v) is 5.21. The lowest BCUT2D eigenvalue weighted by Crippen LogP contribution is -2.44. The quantitative estimate of drug-likeness (QED) is 0.756. The van der Waals surface area contributed by atoms with Crippen molar-refractivity contribution in [1.29, 1.82) is 0 Å². The normalized spacial score (nSPS) is 24.6. The Balaban J connectivity index is 2.27. The maximum absolute atomic E-state index is 12.0. The predicted molar refractivity (Wildman–Crippen MR) is 69.8 cm³/mol. The van der Waals surface area contributed by atoms with E-state index in [9.17, 15) is 4.79 Å². The van der Waals surface area contributed by atoms with Crippen LogP contribution >= 0.6 is 11.6 Å². The molecular weight excluding hydrogens is 238 g/mol. The van der Waals surface area contributed by atoms with E-state index in [1.165, 1.54) is 12.8 Å². The van der Waals surface area contributed by atoms with Crippen molar-refractivity contribution >= 4 is 17.4 Å². The van der Waals surface area contributed by atoms with E-state index in [0.717, 1.165) is 12.8 Å². The summed E-state index contributed by atoms with van der Waals surface area (Å²) in [5.41, 5.74) is -0.0653. The Bertz CT molecular complexity index is 446. The lowest BCUT2D eigenvalue weighted by atomic mass is 9.94. The van der Waals surface area contributed by atoms with Crippen LogP contribution < -0.4 is 10.5 Å². The van der Waals surface area contributed by atoms with Crippen molar-refractivity contribution in [2.45, 2.75) is 37.1 Å². The number of hydrogen-bond acceptors (Lipinski definition) is 3. The summed E-state index contributed by atoms with van der Waals surface area (Å²) in [4.78, 5) is 18.1. The maximum Gasteiger partial charge on any atom is 0.293 e. The molecule has 1 aliphatic rings. The minimum absolute atomic E-state index is 0.0653. The molecule has 94 valence electrons. The van der Waals surface area contributed by atoms with E-state index in [0.29, 0.717) is 5.82 Å². The van der Waals surface area contributed by atoms with Crippen LogP contribution in [0.1, 0.15) is 25.7 Å². The Morgan fingerprint density at radius 2 is 2.18 bits per heavy atom. The molecule has 0 bridgehead atoms. The largest absolute Gasteiger partial charge is 0.351 e. The molecule has 1 aliphatic carbocycles. The molecule has 2 rings (SSSR count). The number of aromatic nitrogens is 2. The number of nitrogens with zero attached hydrogens (tertiary/aromatic N) is 3. The molecule has 1 saturated carbocycles. The van der Waals surface area contributed by atoms with Gasteiger partial charge in [0.25, 0.3) is 5.56 Å². The molecule has 0 amide bonds. The van der Waals surface area contributed by atoms with Crippen LogP contribution in [-0.4, -0.2) is 28.0 Å². The molecule has 17 heavy (non-hydrogen) atoms. The van der Waals surface area contributed by atoms with Crippen molar-refractivity contribution in [2.75, 3.05) is 11.9 Å². The molecule has 2 atom stereocenters. The minimum Gasteiger partial charge on any atom is -0.351 e. The van der Waals surface area contributed by atoms with Crippen molar-refractivity contribution in [3.8, 4) is 0 Å². The van der Waals surface area contributed by atoms with Crippen LogP contribution in [0.15, 0.2) is 17.2 Å². The smallest absolute Gasteiger partial charge is 0.293 e. The number of alkyl halides is 1. The Morgan fingerprint density at radius 3 is 2.88 bits per heavy atom. The van der Waals surface area contributed by atoms with Gasteiger partial charge in [0.15, 0.2) is 5.82 Å². The van der Waals surface area contributed by atoms with Crippen LogP contribution in [0, 0.1) is 0 Å². The van der Waals surface area contributed by atoms with Crippen LogP contribution in [0.5, 0.6) is 0 Å². The van der Waals surface area contributed by atoms with Crippen molar-refractivity contribution in [1.82, 2.24) is 9.55 Å². The van der Waals surface area contributed by atoms with Gasteiger partial charge in [-0.15, -0.1) is 11.6 Å². The Hall–Kier alpha value is -1.03. The lowest BCUT2D eigenvalue weighted by molar-refractivity contribution is 0.431. The third kappa shape index (κ3) is 2.46. The summed E-state index contributed by atoms with van der Waals surface area (Å²) >= 11 is 6.34. The summed E-state index contributed by atoms with van der Waals surface area (Å²) in [6, 6.07) is 0.216. The van der Waals surface area contributed by atoms with E-state index < -0.39 is 0 Å². The second kappa shape index (κ2) is 5.08. The Morgan fingerprint density at radius 1 is 1.47 bits per heavy atom. The van der Waals surface area contributed by atoms with Gasteiger partial charge in [-0.05, 0) is 12.8 Å². The van der Waals surface area contributed by atoms with Gasteiger partial charge in [-0.25, -0.2) is 4.98 Å². The van der Waals surface area contributed by atoms with Gasteiger partial charge in [0.1, 0.15) is 0 Å². The monoisotopic (exact) mass is 255 g/mol. The van der Waals surface area contributed by atoms with Crippen LogP contribution in [0.4, 0.5) is 5.82 Å². The number of anilines is 1. The molecule has 1 aromatic rings. The molecule has 0 aliphatic heterocycles. The minimum atomic E-state index is -0.0653. The van der Waals surface area contributed by atoms with Crippen LogP contribution in [-0.2, 0) is 7.05 Å². The molecule has 0 radical (unpaired) electrons.